The molecule has 0 aromatic rings. The SMILES string of the molecule is C.C.C/C=C(\C=C/CC)C(C)CC(C)CC. The summed E-state index contributed by atoms with van der Waals surface area (Å²) < 4.78 is 0. The third-order valence-electron chi connectivity index (χ3n) is 2.90. The van der Waals surface area contributed by atoms with Gasteiger partial charge in [-0.3, -0.25) is 0 Å². The second kappa shape index (κ2) is 12.5. The molecule has 0 heterocycles. The zero-order chi connectivity index (χ0) is 11.0. The summed E-state index contributed by atoms with van der Waals surface area (Å²) in [6.45, 7) is 11.3. The Morgan fingerprint density at radius 3 is 2.06 bits per heavy atom. The van der Waals surface area contributed by atoms with E-state index in [-0.39, 0.29) is 14.9 Å². The fourth-order valence-corrected chi connectivity index (χ4v) is 1.71. The van der Waals surface area contributed by atoms with E-state index in [2.05, 4.69) is 52.8 Å². The molecule has 0 saturated carbocycles. The molecule has 98 valence electrons. The lowest BCUT2D eigenvalue weighted by molar-refractivity contribution is 0.446. The van der Waals surface area contributed by atoms with Gasteiger partial charge in [-0.05, 0) is 37.2 Å². The molecule has 0 aliphatic heterocycles. The van der Waals surface area contributed by atoms with Gasteiger partial charge in [0.25, 0.3) is 0 Å². The van der Waals surface area contributed by atoms with Crippen LogP contribution < -0.4 is 0 Å². The molecule has 0 N–H and O–H groups in total. The summed E-state index contributed by atoms with van der Waals surface area (Å²) in [5.74, 6) is 1.55. The van der Waals surface area contributed by atoms with Gasteiger partial charge in [0.05, 0.1) is 0 Å². The highest BCUT2D eigenvalue weighted by Gasteiger charge is 2.09. The van der Waals surface area contributed by atoms with Crippen molar-refractivity contribution in [3.63, 3.8) is 0 Å². The summed E-state index contributed by atoms with van der Waals surface area (Å²) in [5, 5.41) is 0. The summed E-state index contributed by atoms with van der Waals surface area (Å²) in [4.78, 5) is 0. The van der Waals surface area contributed by atoms with Crippen molar-refractivity contribution >= 4 is 0 Å². The smallest absolute Gasteiger partial charge is 0.0191 e. The molecule has 2 atom stereocenters. The lowest BCUT2D eigenvalue weighted by Crippen LogP contribution is -2.04. The van der Waals surface area contributed by atoms with Gasteiger partial charge in [0.1, 0.15) is 0 Å². The van der Waals surface area contributed by atoms with E-state index in [9.17, 15) is 0 Å². The van der Waals surface area contributed by atoms with Crippen LogP contribution >= 0.6 is 0 Å². The maximum absolute atomic E-state index is 2.34. The first-order valence-electron chi connectivity index (χ1n) is 5.98. The molecule has 0 saturated heterocycles. The van der Waals surface area contributed by atoms with Gasteiger partial charge in [0, 0.05) is 0 Å². The fourth-order valence-electron chi connectivity index (χ4n) is 1.71. The summed E-state index contributed by atoms with van der Waals surface area (Å²) in [5.41, 5.74) is 1.49. The van der Waals surface area contributed by atoms with Crippen molar-refractivity contribution < 1.29 is 0 Å². The molecule has 0 aliphatic rings. The normalized spacial score (nSPS) is 15.2. The van der Waals surface area contributed by atoms with Gasteiger partial charge in [0.2, 0.25) is 0 Å². The minimum absolute atomic E-state index is 0. The third-order valence-corrected chi connectivity index (χ3v) is 2.90. The minimum Gasteiger partial charge on any atom is -0.0845 e. The fraction of sp³-hybridized carbons (Fsp3) is 0.750. The van der Waals surface area contributed by atoms with Crippen LogP contribution in [0.2, 0.25) is 0 Å². The molecule has 0 spiro atoms. The molecule has 0 nitrogen and oxygen atoms in total. The van der Waals surface area contributed by atoms with Gasteiger partial charge in [-0.1, -0.05) is 67.2 Å². The van der Waals surface area contributed by atoms with E-state index in [1.54, 1.807) is 0 Å². The quantitative estimate of drug-likeness (QED) is 0.470. The van der Waals surface area contributed by atoms with Crippen molar-refractivity contribution in [3.8, 4) is 0 Å². The van der Waals surface area contributed by atoms with Crippen LogP contribution in [0.4, 0.5) is 0 Å². The van der Waals surface area contributed by atoms with Crippen LogP contribution in [-0.4, -0.2) is 0 Å². The molecule has 0 rings (SSSR count). The maximum atomic E-state index is 2.34. The van der Waals surface area contributed by atoms with Crippen LogP contribution in [0.3, 0.4) is 0 Å². The van der Waals surface area contributed by atoms with Gasteiger partial charge in [0.15, 0.2) is 0 Å². The van der Waals surface area contributed by atoms with E-state index in [1.165, 1.54) is 18.4 Å². The Bertz CT molecular complexity index is 186. The Hall–Kier alpha value is -0.520. The van der Waals surface area contributed by atoms with Crippen molar-refractivity contribution in [2.24, 2.45) is 11.8 Å². The second-order valence-corrected chi connectivity index (χ2v) is 4.25. The lowest BCUT2D eigenvalue weighted by atomic mass is 9.89. The van der Waals surface area contributed by atoms with Gasteiger partial charge in [-0.2, -0.15) is 0 Å². The molecule has 0 radical (unpaired) electrons. The predicted molar refractivity (Wildman–Crippen MR) is 79.9 cm³/mol. The first-order valence-corrected chi connectivity index (χ1v) is 5.98. The number of allylic oxidation sites excluding steroid dienone is 4. The molecular weight excluding hydrogens is 192 g/mol. The Morgan fingerprint density at radius 1 is 1.12 bits per heavy atom. The summed E-state index contributed by atoms with van der Waals surface area (Å²) in [6, 6.07) is 0. The van der Waals surface area contributed by atoms with Crippen molar-refractivity contribution in [1.82, 2.24) is 0 Å². The molecule has 0 aliphatic carbocycles. The van der Waals surface area contributed by atoms with Gasteiger partial charge >= 0.3 is 0 Å². The van der Waals surface area contributed by atoms with E-state index in [4.69, 9.17) is 0 Å². The largest absolute Gasteiger partial charge is 0.0845 e. The zero-order valence-electron chi connectivity index (χ0n) is 10.5. The van der Waals surface area contributed by atoms with E-state index in [1.807, 2.05) is 0 Å². The highest BCUT2D eigenvalue weighted by atomic mass is 14.1. The predicted octanol–water partition coefficient (Wildman–Crippen LogP) is 6.24. The molecule has 0 bridgehead atoms. The molecule has 0 aromatic heterocycles. The molecule has 0 aromatic carbocycles. The van der Waals surface area contributed by atoms with Crippen LogP contribution in [0.15, 0.2) is 23.8 Å². The van der Waals surface area contributed by atoms with Gasteiger partial charge in [-0.15, -0.1) is 0 Å². The lowest BCUT2D eigenvalue weighted by Gasteiger charge is -2.16. The van der Waals surface area contributed by atoms with Gasteiger partial charge < -0.3 is 0 Å². The van der Waals surface area contributed by atoms with Crippen molar-refractivity contribution in [1.29, 1.82) is 0 Å². The second-order valence-electron chi connectivity index (χ2n) is 4.25. The first kappa shape index (κ1) is 20.8. The van der Waals surface area contributed by atoms with E-state index < -0.39 is 0 Å². The monoisotopic (exact) mass is 226 g/mol. The molecule has 16 heavy (non-hydrogen) atoms. The van der Waals surface area contributed by atoms with E-state index in [0.29, 0.717) is 5.92 Å². The molecule has 2 unspecified atom stereocenters. The molecule has 0 heteroatoms. The van der Waals surface area contributed by atoms with Crippen LogP contribution in [0, 0.1) is 11.8 Å². The highest BCUT2D eigenvalue weighted by molar-refractivity contribution is 5.20. The summed E-state index contributed by atoms with van der Waals surface area (Å²) in [6.07, 6.45) is 10.5. The van der Waals surface area contributed by atoms with Crippen LogP contribution in [0.1, 0.15) is 68.7 Å². The van der Waals surface area contributed by atoms with Crippen LogP contribution in [-0.2, 0) is 0 Å². The van der Waals surface area contributed by atoms with Crippen molar-refractivity contribution in [2.75, 3.05) is 0 Å². The van der Waals surface area contributed by atoms with E-state index >= 15 is 0 Å². The standard InChI is InChI=1S/C14H26.2CH4/c1-6-9-10-14(8-3)13(5)11-12(4)7-2;;/h8-10,12-13H,6-7,11H2,1-5H3;2*1H4/b10-9-,14-8+;;. The average molecular weight is 226 g/mol. The Morgan fingerprint density at radius 2 is 1.69 bits per heavy atom. The average Bonchev–Trinajstić information content (AvgIpc) is 2.18. The zero-order valence-corrected chi connectivity index (χ0v) is 10.5. The third kappa shape index (κ3) is 8.76. The van der Waals surface area contributed by atoms with Gasteiger partial charge in [-0.25, -0.2) is 0 Å². The van der Waals surface area contributed by atoms with Crippen molar-refractivity contribution in [2.45, 2.75) is 68.7 Å². The van der Waals surface area contributed by atoms with Crippen molar-refractivity contribution in [3.05, 3.63) is 23.8 Å². The Kier molecular flexibility index (Phi) is 16.3. The minimum atomic E-state index is 0. The Labute approximate surface area is 105 Å². The number of hydrogen-bond donors (Lipinski definition) is 0. The number of hydrogen-bond acceptors (Lipinski definition) is 0. The summed E-state index contributed by atoms with van der Waals surface area (Å²) >= 11 is 0. The highest BCUT2D eigenvalue weighted by Crippen LogP contribution is 2.22. The van der Waals surface area contributed by atoms with Crippen LogP contribution in [0.5, 0.6) is 0 Å². The topological polar surface area (TPSA) is 0 Å². The first-order chi connectivity index (χ1) is 6.65. The van der Waals surface area contributed by atoms with E-state index in [0.717, 1.165) is 12.3 Å². The number of rotatable bonds is 6. The Balaban J connectivity index is -0.000000845. The maximum Gasteiger partial charge on any atom is -0.0191 e. The summed E-state index contributed by atoms with van der Waals surface area (Å²) in [7, 11) is 0. The van der Waals surface area contributed by atoms with Crippen LogP contribution in [0.25, 0.3) is 0 Å². The molecular formula is C16H34. The molecule has 0 fully saturated rings. The molecule has 0 amide bonds.